The molecule has 1 N–H and O–H groups in total. The van der Waals surface area contributed by atoms with Crippen molar-refractivity contribution in [2.75, 3.05) is 6.54 Å². The molecule has 2 unspecified atom stereocenters. The number of nitrogens with zero attached hydrogens (tertiary/aromatic N) is 3. The first-order valence-corrected chi connectivity index (χ1v) is 12.3. The number of aryl methyl sites for hydroxylation is 1. The standard InChI is InChI=1S/C27H30F2N4O3/c1-15(2)19-9-10-20(31-25(19)29)24(17-7-5-4-6-8-17)32-26(34)21-11-18(28)13-33(21)27-22(36-27)12-23-30-16(3)14-35-23/h4-10,14-15,18,21-22,24,27H,11-13H2,1-3H3,(H,32,34)/t18-,21+,22?,24+,27?/m1/s1. The number of carbonyl (C=O) groups excluding carboxylic acids is 1. The number of oxazole rings is 1. The molecule has 9 heteroatoms. The maximum Gasteiger partial charge on any atom is 0.238 e. The second-order valence-electron chi connectivity index (χ2n) is 9.82. The monoisotopic (exact) mass is 496 g/mol. The number of epoxide rings is 1. The Hall–Kier alpha value is -3.17. The molecule has 0 spiro atoms. The molecule has 1 aromatic carbocycles. The van der Waals surface area contributed by atoms with Gasteiger partial charge in [0.05, 0.1) is 29.9 Å². The fourth-order valence-corrected chi connectivity index (χ4v) is 4.85. The van der Waals surface area contributed by atoms with Gasteiger partial charge in [-0.05, 0) is 24.5 Å². The molecule has 2 aliphatic heterocycles. The van der Waals surface area contributed by atoms with Gasteiger partial charge in [0.25, 0.3) is 0 Å². The molecule has 0 saturated carbocycles. The zero-order chi connectivity index (χ0) is 25.4. The summed E-state index contributed by atoms with van der Waals surface area (Å²) in [6.45, 7) is 5.74. The Kier molecular flexibility index (Phi) is 6.85. The molecule has 7 nitrogen and oxygen atoms in total. The van der Waals surface area contributed by atoms with Crippen molar-refractivity contribution < 1.29 is 22.7 Å². The summed E-state index contributed by atoms with van der Waals surface area (Å²) in [6, 6.07) is 11.3. The van der Waals surface area contributed by atoms with Crippen molar-refractivity contribution in [2.45, 2.75) is 70.1 Å². The van der Waals surface area contributed by atoms with Gasteiger partial charge in [-0.25, -0.2) is 14.4 Å². The van der Waals surface area contributed by atoms with Gasteiger partial charge in [0, 0.05) is 18.5 Å². The lowest BCUT2D eigenvalue weighted by Crippen LogP contribution is -2.46. The second-order valence-corrected chi connectivity index (χ2v) is 9.82. The van der Waals surface area contributed by atoms with E-state index in [-0.39, 0.29) is 37.1 Å². The molecular formula is C27H30F2N4O3. The molecule has 36 heavy (non-hydrogen) atoms. The van der Waals surface area contributed by atoms with E-state index < -0.39 is 24.2 Å². The third kappa shape index (κ3) is 5.17. The normalized spacial score (nSPS) is 24.7. The van der Waals surface area contributed by atoms with Gasteiger partial charge in [-0.15, -0.1) is 0 Å². The van der Waals surface area contributed by atoms with Crippen LogP contribution >= 0.6 is 0 Å². The van der Waals surface area contributed by atoms with Crippen LogP contribution in [0.1, 0.15) is 60.6 Å². The molecule has 190 valence electrons. The van der Waals surface area contributed by atoms with Crippen LogP contribution in [-0.4, -0.2) is 51.9 Å². The fourth-order valence-electron chi connectivity index (χ4n) is 4.85. The SMILES string of the molecule is Cc1coc(CC2OC2N2C[C@H](F)C[C@H]2C(=O)N[C@@H](c2ccccc2)c2ccc(C(C)C)c(F)n2)n1. The average molecular weight is 497 g/mol. The molecule has 5 atom stereocenters. The number of halogens is 2. The molecular weight excluding hydrogens is 466 g/mol. The maximum atomic E-state index is 14.8. The maximum absolute atomic E-state index is 14.8. The van der Waals surface area contributed by atoms with Crippen molar-refractivity contribution in [2.24, 2.45) is 0 Å². The van der Waals surface area contributed by atoms with Crippen molar-refractivity contribution in [3.05, 3.63) is 83.1 Å². The fraction of sp³-hybridized carbons (Fsp3) is 0.444. The smallest absolute Gasteiger partial charge is 0.238 e. The number of aromatic nitrogens is 2. The summed E-state index contributed by atoms with van der Waals surface area (Å²) in [4.78, 5) is 23.7. The van der Waals surface area contributed by atoms with E-state index in [4.69, 9.17) is 9.15 Å². The van der Waals surface area contributed by atoms with E-state index in [2.05, 4.69) is 15.3 Å². The summed E-state index contributed by atoms with van der Waals surface area (Å²) in [7, 11) is 0. The third-order valence-electron chi connectivity index (χ3n) is 6.75. The Morgan fingerprint density at radius 1 is 1.19 bits per heavy atom. The Balaban J connectivity index is 1.34. The zero-order valence-corrected chi connectivity index (χ0v) is 20.5. The number of ether oxygens (including phenoxy) is 1. The Morgan fingerprint density at radius 2 is 1.97 bits per heavy atom. The van der Waals surface area contributed by atoms with Gasteiger partial charge in [-0.3, -0.25) is 9.69 Å². The molecule has 2 saturated heterocycles. The largest absolute Gasteiger partial charge is 0.449 e. The summed E-state index contributed by atoms with van der Waals surface area (Å²) >= 11 is 0. The number of carbonyl (C=O) groups is 1. The van der Waals surface area contributed by atoms with Crippen LogP contribution in [0, 0.1) is 12.9 Å². The van der Waals surface area contributed by atoms with Crippen LogP contribution in [0.25, 0.3) is 0 Å². The van der Waals surface area contributed by atoms with Crippen LogP contribution < -0.4 is 5.32 Å². The lowest BCUT2D eigenvalue weighted by molar-refractivity contribution is -0.126. The summed E-state index contributed by atoms with van der Waals surface area (Å²) in [5.41, 5.74) is 2.44. The highest BCUT2D eigenvalue weighted by Crippen LogP contribution is 2.36. The van der Waals surface area contributed by atoms with E-state index in [9.17, 15) is 13.6 Å². The molecule has 0 aliphatic carbocycles. The van der Waals surface area contributed by atoms with Gasteiger partial charge in [0.1, 0.15) is 24.8 Å². The number of hydrogen-bond donors (Lipinski definition) is 1. The molecule has 3 aromatic rings. The number of alkyl halides is 1. The number of benzene rings is 1. The first kappa shape index (κ1) is 24.5. The topological polar surface area (TPSA) is 83.8 Å². The van der Waals surface area contributed by atoms with Crippen LogP contribution in [0.3, 0.4) is 0 Å². The van der Waals surface area contributed by atoms with Crippen molar-refractivity contribution in [3.63, 3.8) is 0 Å². The lowest BCUT2D eigenvalue weighted by Gasteiger charge is -2.25. The van der Waals surface area contributed by atoms with Crippen molar-refractivity contribution in [3.8, 4) is 0 Å². The summed E-state index contributed by atoms with van der Waals surface area (Å²) in [6.07, 6.45) is 0.346. The Morgan fingerprint density at radius 3 is 2.64 bits per heavy atom. The summed E-state index contributed by atoms with van der Waals surface area (Å²) in [5.74, 6) is -0.365. The van der Waals surface area contributed by atoms with Crippen molar-refractivity contribution >= 4 is 5.91 Å². The van der Waals surface area contributed by atoms with Gasteiger partial charge >= 0.3 is 0 Å². The summed E-state index contributed by atoms with van der Waals surface area (Å²) < 4.78 is 40.5. The number of likely N-dealkylation sites (tertiary alicyclic amines) is 1. The quantitative estimate of drug-likeness (QED) is 0.371. The molecule has 0 bridgehead atoms. The van der Waals surface area contributed by atoms with Crippen LogP contribution in [-0.2, 0) is 16.0 Å². The lowest BCUT2D eigenvalue weighted by atomic mass is 9.99. The van der Waals surface area contributed by atoms with E-state index in [1.807, 2.05) is 51.1 Å². The van der Waals surface area contributed by atoms with Gasteiger partial charge in [-0.2, -0.15) is 4.39 Å². The van der Waals surface area contributed by atoms with Gasteiger partial charge in [0.2, 0.25) is 11.9 Å². The van der Waals surface area contributed by atoms with Crippen LogP contribution in [0.4, 0.5) is 8.78 Å². The number of nitrogens with one attached hydrogen (secondary N) is 1. The van der Waals surface area contributed by atoms with E-state index in [1.54, 1.807) is 23.3 Å². The summed E-state index contributed by atoms with van der Waals surface area (Å²) in [5, 5.41) is 3.01. The predicted molar refractivity (Wildman–Crippen MR) is 128 cm³/mol. The van der Waals surface area contributed by atoms with E-state index in [0.717, 1.165) is 11.3 Å². The van der Waals surface area contributed by atoms with Gasteiger partial charge < -0.3 is 14.5 Å². The van der Waals surface area contributed by atoms with Crippen LogP contribution in [0.5, 0.6) is 0 Å². The van der Waals surface area contributed by atoms with Crippen LogP contribution in [0.2, 0.25) is 0 Å². The van der Waals surface area contributed by atoms with E-state index >= 15 is 0 Å². The molecule has 5 rings (SSSR count). The van der Waals surface area contributed by atoms with E-state index in [1.165, 1.54) is 0 Å². The highest BCUT2D eigenvalue weighted by atomic mass is 19.1. The minimum atomic E-state index is -1.15. The Bertz CT molecular complexity index is 1220. The third-order valence-corrected chi connectivity index (χ3v) is 6.75. The number of pyridine rings is 1. The number of rotatable bonds is 8. The second kappa shape index (κ2) is 10.1. The molecule has 2 aromatic heterocycles. The molecule has 4 heterocycles. The van der Waals surface area contributed by atoms with Crippen LogP contribution in [0.15, 0.2) is 53.1 Å². The van der Waals surface area contributed by atoms with Gasteiger partial charge in [0.15, 0.2) is 5.89 Å². The molecule has 2 fully saturated rings. The minimum absolute atomic E-state index is 0.0170. The molecule has 1 amide bonds. The average Bonchev–Trinajstić information content (AvgIpc) is 3.30. The first-order chi connectivity index (χ1) is 17.3. The van der Waals surface area contributed by atoms with Gasteiger partial charge in [-0.1, -0.05) is 50.2 Å². The van der Waals surface area contributed by atoms with Crippen molar-refractivity contribution in [1.82, 2.24) is 20.2 Å². The molecule has 2 aliphatic rings. The highest BCUT2D eigenvalue weighted by Gasteiger charge is 2.52. The molecule has 0 radical (unpaired) electrons. The minimum Gasteiger partial charge on any atom is -0.449 e. The number of hydrogen-bond acceptors (Lipinski definition) is 6. The zero-order valence-electron chi connectivity index (χ0n) is 20.5. The predicted octanol–water partition coefficient (Wildman–Crippen LogP) is 4.23. The first-order valence-electron chi connectivity index (χ1n) is 12.3. The number of amides is 1. The Labute approximate surface area is 208 Å². The van der Waals surface area contributed by atoms with Crippen molar-refractivity contribution in [1.29, 1.82) is 0 Å². The van der Waals surface area contributed by atoms with E-state index in [0.29, 0.717) is 23.6 Å². The highest BCUT2D eigenvalue weighted by molar-refractivity contribution is 5.83.